The van der Waals surface area contributed by atoms with Gasteiger partial charge in [-0.3, -0.25) is 48.1 Å². The fourth-order valence-corrected chi connectivity index (χ4v) is 17.7. The van der Waals surface area contributed by atoms with Crippen molar-refractivity contribution >= 4 is 52.7 Å². The number of carbonyl (C=O) groups excluding carboxylic acids is 9. The van der Waals surface area contributed by atoms with E-state index in [0.29, 0.717) is 93.3 Å². The summed E-state index contributed by atoms with van der Waals surface area (Å²) in [7, 11) is 3.57. The van der Waals surface area contributed by atoms with E-state index in [1.54, 1.807) is 14.1 Å². The topological polar surface area (TPSA) is 256 Å². The standard InChI is InChI=1S/C94H118N10O9/c1-5-80(95-3)85(106)63-79-70(57-61-97-65-68-33-17-11-18-34-68)49-52-77-54-55-83(104(77)91(79)112)86(107)64-93(72-37-21-13-22-38-72,73-39-23-14-24-40-73)87(108)47-32-59-99-88(109)48-30-10-8-7-9-29-45-78(105)46-31-60-100-92(113)94(74-41-25-15-26-42-74,75-43-27-16-28-44-75)102-90(111)84-56-53-76-51-50-71(58-62-98-66-69-35-19-12-20-36-69)82(67-103(76)84)101-89(110)81(6-2)96-4/h11-28,33-44,70-71,76-77,79-84,95-98H,5-6,29-32,45-67H2,1-4H3,(H,99,109)(H,100,113)(H,101,110)(H,102,111)/t70-,71-,76+,77+,79+,80+,81+,82-,83+,84+/m1/s1. The minimum atomic E-state index is -1.63. The Kier molecular flexibility index (Phi) is 33.4. The van der Waals surface area contributed by atoms with Crippen LogP contribution >= 0.6 is 0 Å². The van der Waals surface area contributed by atoms with Crippen LogP contribution < -0.4 is 42.5 Å². The summed E-state index contributed by atoms with van der Waals surface area (Å²) in [5, 5.41) is 26.3. The lowest BCUT2D eigenvalue weighted by molar-refractivity contribution is -0.145. The molecule has 4 aliphatic rings. The third-order valence-electron chi connectivity index (χ3n) is 24.0. The van der Waals surface area contributed by atoms with Crippen LogP contribution in [0.4, 0.5) is 0 Å². The second kappa shape index (κ2) is 44.1. The lowest BCUT2D eigenvalue weighted by Gasteiger charge is -2.38. The molecule has 0 radical (unpaired) electrons. The van der Waals surface area contributed by atoms with Crippen LogP contribution in [0.25, 0.3) is 0 Å². The second-order valence-corrected chi connectivity index (χ2v) is 31.0. The summed E-state index contributed by atoms with van der Waals surface area (Å²) in [5.41, 5.74) is 1.88. The summed E-state index contributed by atoms with van der Waals surface area (Å²) in [6.07, 6.45) is 10.3. The number of nitrogens with one attached hydrogen (secondary N) is 8. The van der Waals surface area contributed by atoms with Gasteiger partial charge in [0.15, 0.2) is 17.1 Å². The van der Waals surface area contributed by atoms with E-state index in [-0.39, 0.29) is 153 Å². The Bertz CT molecular complexity index is 4120. The van der Waals surface area contributed by atoms with Crippen LogP contribution in [0.3, 0.4) is 0 Å². The maximum atomic E-state index is 15.4. The van der Waals surface area contributed by atoms with Crippen molar-refractivity contribution in [1.82, 2.24) is 52.3 Å². The van der Waals surface area contributed by atoms with E-state index < -0.39 is 34.9 Å². The van der Waals surface area contributed by atoms with E-state index in [1.165, 1.54) is 11.1 Å². The summed E-state index contributed by atoms with van der Waals surface area (Å²) in [6, 6.07) is 55.5. The Labute approximate surface area is 669 Å². The van der Waals surface area contributed by atoms with Crippen LogP contribution in [-0.4, -0.2) is 152 Å². The van der Waals surface area contributed by atoms with Crippen molar-refractivity contribution in [2.45, 2.75) is 221 Å². The van der Waals surface area contributed by atoms with Crippen LogP contribution in [0.2, 0.25) is 0 Å². The highest BCUT2D eigenvalue weighted by Gasteiger charge is 2.52. The van der Waals surface area contributed by atoms with Gasteiger partial charge >= 0.3 is 0 Å². The van der Waals surface area contributed by atoms with Gasteiger partial charge in [-0.1, -0.05) is 208 Å². The van der Waals surface area contributed by atoms with Crippen molar-refractivity contribution < 1.29 is 43.2 Å². The largest absolute Gasteiger partial charge is 0.356 e. The highest BCUT2D eigenvalue weighted by Crippen LogP contribution is 2.44. The Morgan fingerprint density at radius 1 is 0.513 bits per heavy atom. The summed E-state index contributed by atoms with van der Waals surface area (Å²) >= 11 is 0. The maximum Gasteiger partial charge on any atom is 0.255 e. The number of ketones is 4. The molecule has 4 saturated heterocycles. The number of rotatable bonds is 42. The van der Waals surface area contributed by atoms with Gasteiger partial charge in [-0.2, -0.15) is 0 Å². The zero-order valence-electron chi connectivity index (χ0n) is 66.7. The van der Waals surface area contributed by atoms with E-state index in [2.05, 4.69) is 95.4 Å². The number of hydrogen-bond acceptors (Lipinski definition) is 14. The zero-order chi connectivity index (χ0) is 79.8. The quantitative estimate of drug-likeness (QED) is 0.0131. The monoisotopic (exact) mass is 1530 g/mol. The molecule has 0 unspecified atom stereocenters. The molecule has 0 saturated carbocycles. The van der Waals surface area contributed by atoms with E-state index in [1.807, 2.05) is 176 Å². The molecule has 10 rings (SSSR count). The number of benzene rings is 6. The first-order chi connectivity index (χ1) is 55.1. The minimum Gasteiger partial charge on any atom is -0.356 e. The molecule has 6 aromatic rings. The molecule has 0 aromatic heterocycles. The number of hydrogen-bond donors (Lipinski definition) is 8. The van der Waals surface area contributed by atoms with Gasteiger partial charge in [0.25, 0.3) is 5.91 Å². The minimum absolute atomic E-state index is 0.00710. The smallest absolute Gasteiger partial charge is 0.255 e. The number of carbonyl (C=O) groups is 9. The average Bonchev–Trinajstić information content (AvgIpc) is 1.43. The molecule has 19 heteroatoms. The van der Waals surface area contributed by atoms with Crippen LogP contribution in [-0.2, 0) is 67.2 Å². The van der Waals surface area contributed by atoms with Crippen molar-refractivity contribution in [3.05, 3.63) is 215 Å². The molecule has 19 nitrogen and oxygen atoms in total. The van der Waals surface area contributed by atoms with Gasteiger partial charge in [0, 0.05) is 108 Å². The molecule has 0 spiro atoms. The first kappa shape index (κ1) is 85.7. The van der Waals surface area contributed by atoms with Gasteiger partial charge in [-0.05, 0) is 174 Å². The van der Waals surface area contributed by atoms with Crippen molar-refractivity contribution in [3.63, 3.8) is 0 Å². The third kappa shape index (κ3) is 23.0. The predicted octanol–water partition coefficient (Wildman–Crippen LogP) is 10.9. The van der Waals surface area contributed by atoms with Crippen molar-refractivity contribution in [3.8, 4) is 23.7 Å². The zero-order valence-corrected chi connectivity index (χ0v) is 66.7. The van der Waals surface area contributed by atoms with Gasteiger partial charge in [0.2, 0.25) is 23.6 Å². The number of amides is 5. The van der Waals surface area contributed by atoms with E-state index in [0.717, 1.165) is 51.6 Å². The summed E-state index contributed by atoms with van der Waals surface area (Å²) < 4.78 is 0. The Balaban J connectivity index is 0.697. The summed E-state index contributed by atoms with van der Waals surface area (Å²) in [5.74, 6) is 9.52. The van der Waals surface area contributed by atoms with E-state index in [9.17, 15) is 19.2 Å². The van der Waals surface area contributed by atoms with Gasteiger partial charge in [0.1, 0.15) is 11.6 Å². The van der Waals surface area contributed by atoms with Crippen molar-refractivity contribution in [1.29, 1.82) is 0 Å². The number of nitrogens with zero attached hydrogens (tertiary/aromatic N) is 2. The molecule has 6 aromatic carbocycles. The molecule has 4 aliphatic heterocycles. The molecular weight excluding hydrogens is 1410 g/mol. The highest BCUT2D eigenvalue weighted by molar-refractivity contribution is 6.02. The van der Waals surface area contributed by atoms with Crippen LogP contribution in [0.1, 0.15) is 188 Å². The third-order valence-corrected chi connectivity index (χ3v) is 24.0. The lowest BCUT2D eigenvalue weighted by Crippen LogP contribution is -2.61. The van der Waals surface area contributed by atoms with Gasteiger partial charge in [0.05, 0.1) is 29.6 Å². The van der Waals surface area contributed by atoms with Crippen LogP contribution in [0, 0.1) is 41.4 Å². The summed E-state index contributed by atoms with van der Waals surface area (Å²) in [4.78, 5) is 135. The average molecular weight is 1530 g/mol. The van der Waals surface area contributed by atoms with Gasteiger partial charge in [-0.15, -0.1) is 0 Å². The molecule has 4 fully saturated rings. The molecule has 5 amide bonds. The number of fused-ring (bicyclic) bond motifs is 2. The Morgan fingerprint density at radius 2 is 1.00 bits per heavy atom. The number of likely N-dealkylation sites (N-methyl/N-ethyl adjacent to an activating group) is 2. The normalized spacial score (nSPS) is 20.1. The van der Waals surface area contributed by atoms with E-state index in [4.69, 9.17) is 0 Å². The Hall–Kier alpha value is -9.73. The second-order valence-electron chi connectivity index (χ2n) is 31.0. The predicted molar refractivity (Wildman–Crippen MR) is 443 cm³/mol. The first-order valence-electron chi connectivity index (χ1n) is 41.5. The van der Waals surface area contributed by atoms with Crippen LogP contribution in [0.5, 0.6) is 0 Å². The van der Waals surface area contributed by atoms with Crippen molar-refractivity contribution in [2.24, 2.45) is 17.8 Å². The molecule has 0 bridgehead atoms. The molecular formula is C94H118N10O9. The number of Topliss-reactive ketones (excluding diaryl/α,β-unsaturated/α-hetero) is 4. The lowest BCUT2D eigenvalue weighted by atomic mass is 9.66. The fourth-order valence-electron chi connectivity index (χ4n) is 17.7. The van der Waals surface area contributed by atoms with Gasteiger partial charge in [-0.25, -0.2) is 0 Å². The Morgan fingerprint density at radius 3 is 1.57 bits per heavy atom. The molecule has 8 N–H and O–H groups in total. The molecule has 0 aliphatic carbocycles. The molecule has 113 heavy (non-hydrogen) atoms. The first-order valence-corrected chi connectivity index (χ1v) is 41.5. The van der Waals surface area contributed by atoms with Crippen LogP contribution in [0.15, 0.2) is 182 Å². The molecule has 4 heterocycles. The maximum absolute atomic E-state index is 15.4. The molecule has 10 atom stereocenters. The molecule has 598 valence electrons. The summed E-state index contributed by atoms with van der Waals surface area (Å²) in [6.45, 7) is 7.73. The van der Waals surface area contributed by atoms with Gasteiger partial charge < -0.3 is 47.4 Å². The SMILES string of the molecule is CC[C@H](NC)C(=O)C[C@@H]1C(=O)N2[C@@H](CC[C@@H]1CCNCc1ccccc1)CC[C@H]2C(=O)CC(C(=O)CCCNC(=O)CCC#CC#CCCC(=O)CCCNC(=O)C(NC(=O)[C@@H]1CC[C@@H]2CC[C@H](CCNCc3ccccc3)[C@H](NC(=O)[C@H](CC)NC)CN21)(c1ccccc1)c1ccccc1)(c1ccccc1)c1ccccc1. The van der Waals surface area contributed by atoms with E-state index >= 15 is 24.0 Å². The fraction of sp³-hybridized carbons (Fsp3) is 0.479. The van der Waals surface area contributed by atoms with Crippen molar-refractivity contribution in [2.75, 3.05) is 46.8 Å². The highest BCUT2D eigenvalue weighted by atomic mass is 16.2.